The number of carbonyl (C=O) groups excluding carboxylic acids is 1. The molecule has 0 saturated carbocycles. The summed E-state index contributed by atoms with van der Waals surface area (Å²) in [4.78, 5) is 17.7. The Kier molecular flexibility index (Phi) is 5.00. The van der Waals surface area contributed by atoms with Gasteiger partial charge in [-0.15, -0.1) is 0 Å². The smallest absolute Gasteiger partial charge is 0.230 e. The highest BCUT2D eigenvalue weighted by Gasteiger charge is 2.48. The fourth-order valence-electron chi connectivity index (χ4n) is 4.61. The van der Waals surface area contributed by atoms with E-state index < -0.39 is 0 Å². The zero-order chi connectivity index (χ0) is 18.9. The first-order chi connectivity index (χ1) is 13.1. The summed E-state index contributed by atoms with van der Waals surface area (Å²) in [6, 6.07) is 15.0. The van der Waals surface area contributed by atoms with Gasteiger partial charge >= 0.3 is 0 Å². The number of likely N-dealkylation sites (tertiary alicyclic amines) is 2. The normalized spacial score (nSPS) is 23.3. The molecule has 2 aliphatic rings. The van der Waals surface area contributed by atoms with Crippen molar-refractivity contribution in [2.45, 2.75) is 39.3 Å². The number of hydrogen-bond donors (Lipinski definition) is 0. The van der Waals surface area contributed by atoms with Gasteiger partial charge in [0.15, 0.2) is 0 Å². The molecule has 1 amide bonds. The number of rotatable bonds is 4. The number of nitrogens with zero attached hydrogens (tertiary/aromatic N) is 2. The minimum Gasteiger partial charge on any atom is -0.338 e. The van der Waals surface area contributed by atoms with Gasteiger partial charge in [-0.05, 0) is 61.6 Å². The molecular weight excluding hydrogens is 339 g/mol. The highest BCUT2D eigenvalue weighted by atomic mass is 19.1. The van der Waals surface area contributed by atoms with Gasteiger partial charge in [-0.1, -0.05) is 36.4 Å². The lowest BCUT2D eigenvalue weighted by Crippen LogP contribution is -2.49. The monoisotopic (exact) mass is 366 g/mol. The lowest BCUT2D eigenvalue weighted by molar-refractivity contribution is -0.146. The van der Waals surface area contributed by atoms with Gasteiger partial charge in [0.05, 0.1) is 5.41 Å². The molecule has 27 heavy (non-hydrogen) atoms. The van der Waals surface area contributed by atoms with Gasteiger partial charge in [0, 0.05) is 26.2 Å². The first kappa shape index (κ1) is 18.2. The lowest BCUT2D eigenvalue weighted by Gasteiger charge is -2.39. The van der Waals surface area contributed by atoms with Crippen molar-refractivity contribution in [2.24, 2.45) is 5.41 Å². The summed E-state index contributed by atoms with van der Waals surface area (Å²) < 4.78 is 13.1. The molecule has 142 valence electrons. The molecule has 2 aliphatic heterocycles. The molecule has 4 rings (SSSR count). The van der Waals surface area contributed by atoms with Crippen LogP contribution in [0.25, 0.3) is 0 Å². The first-order valence-electron chi connectivity index (χ1n) is 9.86. The molecule has 0 aromatic heterocycles. The van der Waals surface area contributed by atoms with Crippen molar-refractivity contribution in [3.8, 4) is 0 Å². The van der Waals surface area contributed by atoms with Crippen LogP contribution >= 0.6 is 0 Å². The Labute approximate surface area is 160 Å². The molecule has 2 heterocycles. The third kappa shape index (κ3) is 3.77. The average molecular weight is 366 g/mol. The standard InChI is InChI=1S/C23H27FN2O/c1-18-5-2-3-6-20(18)16-25-14-12-23(17-25)11-4-13-26(22(23)27)15-19-7-9-21(24)10-8-19/h2-3,5-10H,4,11-17H2,1H3. The van der Waals surface area contributed by atoms with E-state index in [2.05, 4.69) is 36.1 Å². The summed E-state index contributed by atoms with van der Waals surface area (Å²) in [6.07, 6.45) is 2.97. The highest BCUT2D eigenvalue weighted by molar-refractivity contribution is 5.84. The predicted octanol–water partition coefficient (Wildman–Crippen LogP) is 4.15. The Morgan fingerprint density at radius 1 is 1.00 bits per heavy atom. The maximum atomic E-state index is 13.3. The second-order valence-corrected chi connectivity index (χ2v) is 8.12. The molecule has 0 aliphatic carbocycles. The molecule has 2 saturated heterocycles. The van der Waals surface area contributed by atoms with Crippen molar-refractivity contribution >= 4 is 5.91 Å². The van der Waals surface area contributed by atoms with Crippen LogP contribution in [0.3, 0.4) is 0 Å². The molecule has 0 radical (unpaired) electrons. The maximum absolute atomic E-state index is 13.3. The zero-order valence-corrected chi connectivity index (χ0v) is 16.0. The van der Waals surface area contributed by atoms with Gasteiger partial charge in [-0.25, -0.2) is 4.39 Å². The summed E-state index contributed by atoms with van der Waals surface area (Å²) in [6.45, 7) is 6.27. The van der Waals surface area contributed by atoms with Gasteiger partial charge in [0.1, 0.15) is 5.82 Å². The van der Waals surface area contributed by atoms with Crippen LogP contribution in [-0.2, 0) is 17.9 Å². The fourth-order valence-corrected chi connectivity index (χ4v) is 4.61. The minimum atomic E-state index is -0.235. The van der Waals surface area contributed by atoms with E-state index in [9.17, 15) is 9.18 Å². The van der Waals surface area contributed by atoms with Crippen LogP contribution in [0.2, 0.25) is 0 Å². The number of halogens is 1. The lowest BCUT2D eigenvalue weighted by atomic mass is 9.78. The number of hydrogen-bond acceptors (Lipinski definition) is 2. The van der Waals surface area contributed by atoms with E-state index in [0.717, 1.165) is 51.0 Å². The number of piperidine rings is 1. The second kappa shape index (κ2) is 7.43. The van der Waals surface area contributed by atoms with Gasteiger partial charge in [0.2, 0.25) is 5.91 Å². The number of carbonyl (C=O) groups is 1. The van der Waals surface area contributed by atoms with Crippen molar-refractivity contribution in [3.05, 3.63) is 71.0 Å². The third-order valence-corrected chi connectivity index (χ3v) is 6.20. The molecular formula is C23H27FN2O. The van der Waals surface area contributed by atoms with E-state index in [0.29, 0.717) is 6.54 Å². The van der Waals surface area contributed by atoms with Crippen LogP contribution in [0, 0.1) is 18.2 Å². The Hall–Kier alpha value is -2.20. The molecule has 4 heteroatoms. The fraction of sp³-hybridized carbons (Fsp3) is 0.435. The molecule has 1 unspecified atom stereocenters. The predicted molar refractivity (Wildman–Crippen MR) is 105 cm³/mol. The van der Waals surface area contributed by atoms with Gasteiger partial charge in [-0.3, -0.25) is 9.69 Å². The summed E-state index contributed by atoms with van der Waals surface area (Å²) in [5.41, 5.74) is 3.42. The van der Waals surface area contributed by atoms with E-state index in [1.807, 2.05) is 4.90 Å². The average Bonchev–Trinajstić information content (AvgIpc) is 3.06. The third-order valence-electron chi connectivity index (χ3n) is 6.20. The van der Waals surface area contributed by atoms with Crippen LogP contribution in [-0.4, -0.2) is 35.3 Å². The Morgan fingerprint density at radius 3 is 2.56 bits per heavy atom. The molecule has 2 aromatic rings. The van der Waals surface area contributed by atoms with Crippen LogP contribution in [0.4, 0.5) is 4.39 Å². The van der Waals surface area contributed by atoms with Crippen molar-refractivity contribution in [1.29, 1.82) is 0 Å². The zero-order valence-electron chi connectivity index (χ0n) is 16.0. The summed E-state index contributed by atoms with van der Waals surface area (Å²) in [5.74, 6) is 0.0492. The van der Waals surface area contributed by atoms with Gasteiger partial charge in [0.25, 0.3) is 0 Å². The van der Waals surface area contributed by atoms with E-state index >= 15 is 0 Å². The Bertz CT molecular complexity index is 819. The Balaban J connectivity index is 1.44. The molecule has 0 N–H and O–H groups in total. The van der Waals surface area contributed by atoms with E-state index in [4.69, 9.17) is 0 Å². The molecule has 0 bridgehead atoms. The quantitative estimate of drug-likeness (QED) is 0.812. The first-order valence-corrected chi connectivity index (χ1v) is 9.86. The van der Waals surface area contributed by atoms with Crippen LogP contribution in [0.1, 0.15) is 36.0 Å². The van der Waals surface area contributed by atoms with Crippen molar-refractivity contribution < 1.29 is 9.18 Å². The maximum Gasteiger partial charge on any atom is 0.230 e. The van der Waals surface area contributed by atoms with E-state index in [1.165, 1.54) is 23.3 Å². The van der Waals surface area contributed by atoms with Crippen LogP contribution in [0.5, 0.6) is 0 Å². The van der Waals surface area contributed by atoms with Crippen LogP contribution in [0.15, 0.2) is 48.5 Å². The summed E-state index contributed by atoms with van der Waals surface area (Å²) >= 11 is 0. The molecule has 3 nitrogen and oxygen atoms in total. The molecule has 1 spiro atoms. The van der Waals surface area contributed by atoms with Crippen molar-refractivity contribution in [2.75, 3.05) is 19.6 Å². The van der Waals surface area contributed by atoms with E-state index in [-0.39, 0.29) is 17.1 Å². The molecule has 2 fully saturated rings. The van der Waals surface area contributed by atoms with Gasteiger partial charge in [-0.2, -0.15) is 0 Å². The largest absolute Gasteiger partial charge is 0.338 e. The van der Waals surface area contributed by atoms with Crippen molar-refractivity contribution in [3.63, 3.8) is 0 Å². The SMILES string of the molecule is Cc1ccccc1CN1CCC2(CCCN(Cc3ccc(F)cc3)C2=O)C1. The molecule has 2 aromatic carbocycles. The molecule has 1 atom stereocenters. The Morgan fingerprint density at radius 2 is 1.78 bits per heavy atom. The summed E-state index contributed by atoms with van der Waals surface area (Å²) in [5, 5.41) is 0. The van der Waals surface area contributed by atoms with Crippen molar-refractivity contribution in [1.82, 2.24) is 9.80 Å². The number of benzene rings is 2. The second-order valence-electron chi connectivity index (χ2n) is 8.12. The van der Waals surface area contributed by atoms with Crippen LogP contribution < -0.4 is 0 Å². The topological polar surface area (TPSA) is 23.6 Å². The number of amides is 1. The minimum absolute atomic E-state index is 0.233. The number of aryl methyl sites for hydroxylation is 1. The summed E-state index contributed by atoms with van der Waals surface area (Å²) in [7, 11) is 0. The van der Waals surface area contributed by atoms with Gasteiger partial charge < -0.3 is 4.90 Å². The van der Waals surface area contributed by atoms with E-state index in [1.54, 1.807) is 12.1 Å². The highest BCUT2D eigenvalue weighted by Crippen LogP contribution is 2.41.